The van der Waals surface area contributed by atoms with Crippen LogP contribution in [-0.2, 0) is 4.74 Å². The van der Waals surface area contributed by atoms with Crippen LogP contribution >= 0.6 is 0 Å². The van der Waals surface area contributed by atoms with Gasteiger partial charge in [0.05, 0.1) is 0 Å². The minimum Gasteiger partial charge on any atom is -0.385 e. The number of rotatable bonds is 7. The van der Waals surface area contributed by atoms with Crippen molar-refractivity contribution in [2.45, 2.75) is 25.2 Å². The fourth-order valence-electron chi connectivity index (χ4n) is 2.79. The third-order valence-corrected chi connectivity index (χ3v) is 3.70. The molecule has 3 nitrogen and oxygen atoms in total. The van der Waals surface area contributed by atoms with Crippen molar-refractivity contribution in [3.63, 3.8) is 0 Å². The summed E-state index contributed by atoms with van der Waals surface area (Å²) in [6.07, 6.45) is 3.42. The van der Waals surface area contributed by atoms with Crippen LogP contribution in [0.15, 0.2) is 24.3 Å². The lowest BCUT2D eigenvalue weighted by Crippen LogP contribution is -2.24. The number of fused-ring (bicyclic) bond motifs is 1. The summed E-state index contributed by atoms with van der Waals surface area (Å²) >= 11 is 0. The summed E-state index contributed by atoms with van der Waals surface area (Å²) in [7, 11) is 1.77. The molecule has 1 heterocycles. The molecule has 0 saturated heterocycles. The standard InChI is InChI=1S/C15H24N2O/c1-18-11-5-4-10-17-12-13(8-9-16)14-6-2-3-7-15(14)17/h2-3,6-7,13H,4-5,8-12,16H2,1H3. The molecular formula is C15H24N2O. The number of hydrogen-bond donors (Lipinski definition) is 1. The molecule has 1 aromatic rings. The molecule has 0 amide bonds. The molecule has 1 aromatic carbocycles. The fourth-order valence-corrected chi connectivity index (χ4v) is 2.79. The van der Waals surface area contributed by atoms with Gasteiger partial charge in [0, 0.05) is 38.4 Å². The van der Waals surface area contributed by atoms with E-state index in [1.165, 1.54) is 17.7 Å². The normalized spacial score (nSPS) is 18.1. The first-order chi connectivity index (χ1) is 8.86. The van der Waals surface area contributed by atoms with E-state index in [2.05, 4.69) is 29.2 Å². The summed E-state index contributed by atoms with van der Waals surface area (Å²) in [5.41, 5.74) is 8.61. The Bertz CT molecular complexity index is 367. The Hall–Kier alpha value is -1.06. The average molecular weight is 248 g/mol. The maximum atomic E-state index is 5.72. The van der Waals surface area contributed by atoms with Gasteiger partial charge in [-0.2, -0.15) is 0 Å². The zero-order chi connectivity index (χ0) is 12.8. The van der Waals surface area contributed by atoms with Crippen LogP contribution in [0.3, 0.4) is 0 Å². The molecule has 18 heavy (non-hydrogen) atoms. The smallest absolute Gasteiger partial charge is 0.0462 e. The molecule has 0 spiro atoms. The Morgan fingerprint density at radius 3 is 2.94 bits per heavy atom. The maximum absolute atomic E-state index is 5.72. The first-order valence-electron chi connectivity index (χ1n) is 6.89. The lowest BCUT2D eigenvalue weighted by atomic mass is 9.98. The van der Waals surface area contributed by atoms with Crippen LogP contribution < -0.4 is 10.6 Å². The highest BCUT2D eigenvalue weighted by Gasteiger charge is 2.26. The van der Waals surface area contributed by atoms with Crippen LogP contribution in [0.5, 0.6) is 0 Å². The zero-order valence-electron chi connectivity index (χ0n) is 11.3. The number of ether oxygens (including phenoxy) is 1. The van der Waals surface area contributed by atoms with Crippen LogP contribution in [0.2, 0.25) is 0 Å². The first kappa shape index (κ1) is 13.4. The number of benzene rings is 1. The molecule has 0 fully saturated rings. The minimum atomic E-state index is 0.619. The van der Waals surface area contributed by atoms with Gasteiger partial charge in [-0.3, -0.25) is 0 Å². The van der Waals surface area contributed by atoms with Gasteiger partial charge in [0.2, 0.25) is 0 Å². The molecule has 0 aliphatic carbocycles. The zero-order valence-corrected chi connectivity index (χ0v) is 11.3. The van der Waals surface area contributed by atoms with Crippen molar-refractivity contribution in [2.75, 3.05) is 38.3 Å². The van der Waals surface area contributed by atoms with Gasteiger partial charge in [-0.1, -0.05) is 18.2 Å². The molecule has 2 rings (SSSR count). The molecular weight excluding hydrogens is 224 g/mol. The van der Waals surface area contributed by atoms with Crippen LogP contribution in [0.25, 0.3) is 0 Å². The fraction of sp³-hybridized carbons (Fsp3) is 0.600. The second-order valence-electron chi connectivity index (χ2n) is 4.98. The molecule has 1 aliphatic heterocycles. The molecule has 1 unspecified atom stereocenters. The Balaban J connectivity index is 1.97. The van der Waals surface area contributed by atoms with Crippen molar-refractivity contribution >= 4 is 5.69 Å². The SMILES string of the molecule is COCCCCN1CC(CCN)c2ccccc21. The monoisotopic (exact) mass is 248 g/mol. The highest BCUT2D eigenvalue weighted by atomic mass is 16.5. The summed E-state index contributed by atoms with van der Waals surface area (Å²) in [6, 6.07) is 8.76. The Morgan fingerprint density at radius 1 is 1.33 bits per heavy atom. The van der Waals surface area contributed by atoms with Gasteiger partial charge in [0.15, 0.2) is 0 Å². The van der Waals surface area contributed by atoms with E-state index in [0.717, 1.165) is 39.1 Å². The number of hydrogen-bond acceptors (Lipinski definition) is 3. The van der Waals surface area contributed by atoms with E-state index in [4.69, 9.17) is 10.5 Å². The number of nitrogens with zero attached hydrogens (tertiary/aromatic N) is 1. The Kier molecular flexibility index (Phi) is 5.02. The topological polar surface area (TPSA) is 38.5 Å². The molecule has 2 N–H and O–H groups in total. The van der Waals surface area contributed by atoms with Crippen LogP contribution in [0.1, 0.15) is 30.7 Å². The summed E-state index contributed by atoms with van der Waals surface area (Å²) in [5.74, 6) is 0.619. The van der Waals surface area contributed by atoms with E-state index >= 15 is 0 Å². The largest absolute Gasteiger partial charge is 0.385 e. The Morgan fingerprint density at radius 2 is 2.17 bits per heavy atom. The molecule has 0 saturated carbocycles. The molecule has 0 bridgehead atoms. The van der Waals surface area contributed by atoms with E-state index in [9.17, 15) is 0 Å². The highest BCUT2D eigenvalue weighted by molar-refractivity contribution is 5.60. The molecule has 1 atom stereocenters. The first-order valence-corrected chi connectivity index (χ1v) is 6.89. The quantitative estimate of drug-likeness (QED) is 0.753. The lowest BCUT2D eigenvalue weighted by Gasteiger charge is -2.19. The molecule has 0 aromatic heterocycles. The van der Waals surface area contributed by atoms with Crippen molar-refractivity contribution < 1.29 is 4.74 Å². The third-order valence-electron chi connectivity index (χ3n) is 3.70. The second-order valence-corrected chi connectivity index (χ2v) is 4.98. The lowest BCUT2D eigenvalue weighted by molar-refractivity contribution is 0.193. The van der Waals surface area contributed by atoms with Gasteiger partial charge < -0.3 is 15.4 Å². The van der Waals surface area contributed by atoms with Crippen LogP contribution in [0.4, 0.5) is 5.69 Å². The van der Waals surface area contributed by atoms with Gasteiger partial charge >= 0.3 is 0 Å². The summed E-state index contributed by atoms with van der Waals surface area (Å²) in [5, 5.41) is 0. The van der Waals surface area contributed by atoms with Crippen molar-refractivity contribution in [3.05, 3.63) is 29.8 Å². The second kappa shape index (κ2) is 6.76. The van der Waals surface area contributed by atoms with Crippen molar-refractivity contribution in [1.82, 2.24) is 0 Å². The molecule has 100 valence electrons. The third kappa shape index (κ3) is 3.03. The van der Waals surface area contributed by atoms with E-state index in [0.29, 0.717) is 5.92 Å². The van der Waals surface area contributed by atoms with Crippen molar-refractivity contribution in [1.29, 1.82) is 0 Å². The molecule has 1 aliphatic rings. The summed E-state index contributed by atoms with van der Waals surface area (Å²) in [6.45, 7) is 3.89. The average Bonchev–Trinajstić information content (AvgIpc) is 2.74. The van der Waals surface area contributed by atoms with E-state index in [-0.39, 0.29) is 0 Å². The van der Waals surface area contributed by atoms with E-state index in [1.807, 2.05) is 0 Å². The van der Waals surface area contributed by atoms with Gasteiger partial charge in [-0.25, -0.2) is 0 Å². The highest BCUT2D eigenvalue weighted by Crippen LogP contribution is 2.37. The molecule has 0 radical (unpaired) electrons. The Labute approximate surface area is 110 Å². The number of nitrogens with two attached hydrogens (primary N) is 1. The number of para-hydroxylation sites is 1. The predicted octanol–water partition coefficient (Wildman–Crippen LogP) is 2.37. The van der Waals surface area contributed by atoms with E-state index in [1.54, 1.807) is 7.11 Å². The van der Waals surface area contributed by atoms with Crippen LogP contribution in [0, 0.1) is 0 Å². The minimum absolute atomic E-state index is 0.619. The number of anilines is 1. The predicted molar refractivity (Wildman–Crippen MR) is 76.2 cm³/mol. The number of methoxy groups -OCH3 is 1. The molecule has 3 heteroatoms. The van der Waals surface area contributed by atoms with Gasteiger partial charge in [-0.15, -0.1) is 0 Å². The van der Waals surface area contributed by atoms with Gasteiger partial charge in [0.25, 0.3) is 0 Å². The van der Waals surface area contributed by atoms with Gasteiger partial charge in [0.1, 0.15) is 0 Å². The maximum Gasteiger partial charge on any atom is 0.0462 e. The van der Waals surface area contributed by atoms with Crippen LogP contribution in [-0.4, -0.2) is 33.4 Å². The van der Waals surface area contributed by atoms with Gasteiger partial charge in [-0.05, 0) is 37.4 Å². The number of unbranched alkanes of at least 4 members (excludes halogenated alkanes) is 1. The van der Waals surface area contributed by atoms with Crippen molar-refractivity contribution in [3.8, 4) is 0 Å². The summed E-state index contributed by atoms with van der Waals surface area (Å²) < 4.78 is 5.10. The summed E-state index contributed by atoms with van der Waals surface area (Å²) in [4.78, 5) is 2.51. The van der Waals surface area contributed by atoms with E-state index < -0.39 is 0 Å². The van der Waals surface area contributed by atoms with Crippen molar-refractivity contribution in [2.24, 2.45) is 5.73 Å².